The number of aldehydes is 1. The summed E-state index contributed by atoms with van der Waals surface area (Å²) in [5.74, 6) is 0.515. The van der Waals surface area contributed by atoms with E-state index in [0.717, 1.165) is 6.29 Å². The van der Waals surface area contributed by atoms with Crippen LogP contribution in [0.15, 0.2) is 24.3 Å². The van der Waals surface area contributed by atoms with Crippen LogP contribution in [0.2, 0.25) is 0 Å². The normalized spacial score (nSPS) is 13.2. The predicted octanol–water partition coefficient (Wildman–Crippen LogP) is 2.28. The molecule has 3 heteroatoms. The van der Waals surface area contributed by atoms with Crippen LogP contribution >= 0.6 is 0 Å². The molecule has 0 bridgehead atoms. The first-order valence-corrected chi connectivity index (χ1v) is 5.30. The topological polar surface area (TPSA) is 46.5 Å². The third-order valence-corrected chi connectivity index (χ3v) is 2.44. The van der Waals surface area contributed by atoms with E-state index in [9.17, 15) is 9.90 Å². The molecule has 1 aromatic carbocycles. The fourth-order valence-electron chi connectivity index (χ4n) is 1.13. The van der Waals surface area contributed by atoms with Crippen molar-refractivity contribution in [1.82, 2.24) is 0 Å². The number of aliphatic hydroxyl groups is 1. The molecule has 0 saturated heterocycles. The highest BCUT2D eigenvalue weighted by molar-refractivity contribution is 5.79. The van der Waals surface area contributed by atoms with Crippen molar-refractivity contribution in [3.05, 3.63) is 29.8 Å². The van der Waals surface area contributed by atoms with Crippen molar-refractivity contribution in [1.29, 1.82) is 0 Å². The molecule has 0 heterocycles. The number of ether oxygens (including phenoxy) is 1. The first kappa shape index (κ1) is 12.7. The highest BCUT2D eigenvalue weighted by atomic mass is 16.5. The van der Waals surface area contributed by atoms with Crippen molar-refractivity contribution in [3.8, 4) is 5.75 Å². The SMILES string of the molecule is CC(C)(C)[C@H](O)COc1ccccc1C=O. The third kappa shape index (κ3) is 3.35. The van der Waals surface area contributed by atoms with E-state index in [2.05, 4.69) is 0 Å². The van der Waals surface area contributed by atoms with Crippen molar-refractivity contribution < 1.29 is 14.6 Å². The van der Waals surface area contributed by atoms with Gasteiger partial charge in [0.25, 0.3) is 0 Å². The molecule has 1 rings (SSSR count). The van der Waals surface area contributed by atoms with Crippen LogP contribution in [0.5, 0.6) is 5.75 Å². The molecular weight excluding hydrogens is 204 g/mol. The lowest BCUT2D eigenvalue weighted by atomic mass is 9.90. The van der Waals surface area contributed by atoms with Crippen LogP contribution < -0.4 is 4.74 Å². The molecule has 0 saturated carbocycles. The zero-order valence-electron chi connectivity index (χ0n) is 9.93. The van der Waals surface area contributed by atoms with Gasteiger partial charge in [-0.3, -0.25) is 4.79 Å². The van der Waals surface area contributed by atoms with Gasteiger partial charge in [-0.15, -0.1) is 0 Å². The molecule has 1 aromatic rings. The Morgan fingerprint density at radius 1 is 1.38 bits per heavy atom. The van der Waals surface area contributed by atoms with Gasteiger partial charge in [-0.25, -0.2) is 0 Å². The largest absolute Gasteiger partial charge is 0.490 e. The van der Waals surface area contributed by atoms with Gasteiger partial charge in [0.1, 0.15) is 12.4 Å². The van der Waals surface area contributed by atoms with Crippen LogP contribution in [-0.4, -0.2) is 24.1 Å². The van der Waals surface area contributed by atoms with Gasteiger partial charge in [0, 0.05) is 0 Å². The molecule has 0 amide bonds. The number of carbonyl (C=O) groups excluding carboxylic acids is 1. The lowest BCUT2D eigenvalue weighted by Crippen LogP contribution is -2.32. The minimum Gasteiger partial charge on any atom is -0.490 e. The van der Waals surface area contributed by atoms with Crippen LogP contribution in [-0.2, 0) is 0 Å². The minimum absolute atomic E-state index is 0.189. The van der Waals surface area contributed by atoms with Gasteiger partial charge in [-0.1, -0.05) is 32.9 Å². The summed E-state index contributed by atoms with van der Waals surface area (Å²) in [5.41, 5.74) is 0.277. The van der Waals surface area contributed by atoms with E-state index < -0.39 is 6.10 Å². The molecule has 0 radical (unpaired) electrons. The maximum absolute atomic E-state index is 10.7. The van der Waals surface area contributed by atoms with E-state index in [1.807, 2.05) is 20.8 Å². The van der Waals surface area contributed by atoms with Gasteiger partial charge in [0.2, 0.25) is 0 Å². The molecule has 0 unspecified atom stereocenters. The molecule has 88 valence electrons. The highest BCUT2D eigenvalue weighted by Crippen LogP contribution is 2.21. The minimum atomic E-state index is -0.563. The Balaban J connectivity index is 2.64. The van der Waals surface area contributed by atoms with Crippen molar-refractivity contribution in [3.63, 3.8) is 0 Å². The second kappa shape index (κ2) is 5.12. The molecule has 0 aromatic heterocycles. The van der Waals surface area contributed by atoms with Crippen molar-refractivity contribution in [2.24, 2.45) is 5.41 Å². The molecule has 0 spiro atoms. The van der Waals surface area contributed by atoms with E-state index in [0.29, 0.717) is 11.3 Å². The Bertz CT molecular complexity index is 352. The van der Waals surface area contributed by atoms with Gasteiger partial charge in [-0.2, -0.15) is 0 Å². The monoisotopic (exact) mass is 222 g/mol. The van der Waals surface area contributed by atoms with Crippen LogP contribution in [0, 0.1) is 5.41 Å². The average Bonchev–Trinajstić information content (AvgIpc) is 2.24. The Kier molecular flexibility index (Phi) is 4.07. The summed E-state index contributed by atoms with van der Waals surface area (Å²) in [6.45, 7) is 6.00. The van der Waals surface area contributed by atoms with Crippen LogP contribution in [0.3, 0.4) is 0 Å². The van der Waals surface area contributed by atoms with Crippen molar-refractivity contribution in [2.75, 3.05) is 6.61 Å². The maximum Gasteiger partial charge on any atom is 0.153 e. The molecule has 0 fully saturated rings. The van der Waals surface area contributed by atoms with Gasteiger partial charge < -0.3 is 9.84 Å². The zero-order valence-corrected chi connectivity index (χ0v) is 9.93. The van der Waals surface area contributed by atoms with Gasteiger partial charge in [0.05, 0.1) is 11.7 Å². The highest BCUT2D eigenvalue weighted by Gasteiger charge is 2.22. The number of benzene rings is 1. The summed E-state index contributed by atoms with van der Waals surface area (Å²) in [6, 6.07) is 6.98. The number of carbonyl (C=O) groups is 1. The summed E-state index contributed by atoms with van der Waals surface area (Å²) in [6.07, 6.45) is 0.186. The number of hydrogen-bond acceptors (Lipinski definition) is 3. The average molecular weight is 222 g/mol. The van der Waals surface area contributed by atoms with Crippen LogP contribution in [0.1, 0.15) is 31.1 Å². The fraction of sp³-hybridized carbons (Fsp3) is 0.462. The van der Waals surface area contributed by atoms with Gasteiger partial charge >= 0.3 is 0 Å². The van der Waals surface area contributed by atoms with Crippen LogP contribution in [0.4, 0.5) is 0 Å². The third-order valence-electron chi connectivity index (χ3n) is 2.44. The predicted molar refractivity (Wildman–Crippen MR) is 62.8 cm³/mol. The van der Waals surface area contributed by atoms with Crippen LogP contribution in [0.25, 0.3) is 0 Å². The smallest absolute Gasteiger partial charge is 0.153 e. The molecule has 0 aliphatic rings. The zero-order chi connectivity index (χ0) is 12.2. The van der Waals surface area contributed by atoms with Gasteiger partial charge in [-0.05, 0) is 17.5 Å². The summed E-state index contributed by atoms with van der Waals surface area (Å²) < 4.78 is 5.44. The molecule has 0 aliphatic carbocycles. The number of para-hydroxylation sites is 1. The first-order chi connectivity index (χ1) is 7.45. The van der Waals surface area contributed by atoms with E-state index in [-0.39, 0.29) is 12.0 Å². The van der Waals surface area contributed by atoms with E-state index >= 15 is 0 Å². The fourth-order valence-corrected chi connectivity index (χ4v) is 1.13. The summed E-state index contributed by atoms with van der Waals surface area (Å²) in [5, 5.41) is 9.80. The second-order valence-electron chi connectivity index (χ2n) is 4.85. The summed E-state index contributed by atoms with van der Waals surface area (Å²) in [7, 11) is 0. The molecule has 1 atom stereocenters. The Morgan fingerprint density at radius 2 is 2.00 bits per heavy atom. The maximum atomic E-state index is 10.7. The van der Waals surface area contributed by atoms with E-state index in [1.54, 1.807) is 24.3 Å². The Hall–Kier alpha value is -1.35. The standard InChI is InChI=1S/C13H18O3/c1-13(2,3)12(15)9-16-11-7-5-4-6-10(11)8-14/h4-8,12,15H,9H2,1-3H3/t12-/m1/s1. The molecule has 0 aliphatic heterocycles. The lowest BCUT2D eigenvalue weighted by Gasteiger charge is -2.25. The van der Waals surface area contributed by atoms with Gasteiger partial charge in [0.15, 0.2) is 6.29 Å². The number of rotatable bonds is 4. The summed E-state index contributed by atoms with van der Waals surface area (Å²) in [4.78, 5) is 10.7. The Labute approximate surface area is 96.1 Å². The second-order valence-corrected chi connectivity index (χ2v) is 4.85. The molecular formula is C13H18O3. The van der Waals surface area contributed by atoms with Crippen molar-refractivity contribution in [2.45, 2.75) is 26.9 Å². The first-order valence-electron chi connectivity index (χ1n) is 5.30. The molecule has 16 heavy (non-hydrogen) atoms. The quantitative estimate of drug-likeness (QED) is 0.795. The lowest BCUT2D eigenvalue weighted by molar-refractivity contribution is 0.0216. The van der Waals surface area contributed by atoms with E-state index in [4.69, 9.17) is 4.74 Å². The number of hydrogen-bond donors (Lipinski definition) is 1. The summed E-state index contributed by atoms with van der Waals surface area (Å²) >= 11 is 0. The van der Waals surface area contributed by atoms with E-state index in [1.165, 1.54) is 0 Å². The Morgan fingerprint density at radius 3 is 2.56 bits per heavy atom. The molecule has 1 N–H and O–H groups in total. The number of aliphatic hydroxyl groups excluding tert-OH is 1. The molecule has 3 nitrogen and oxygen atoms in total. The van der Waals surface area contributed by atoms with Crippen molar-refractivity contribution >= 4 is 6.29 Å².